The Balaban J connectivity index is 0.00000192. The van der Waals surface area contributed by atoms with Gasteiger partial charge in [-0.05, 0) is 37.1 Å². The zero-order valence-corrected chi connectivity index (χ0v) is 13.7. The van der Waals surface area contributed by atoms with Crippen molar-refractivity contribution in [3.05, 3.63) is 59.3 Å². The predicted molar refractivity (Wildman–Crippen MR) is 88.1 cm³/mol. The summed E-state index contributed by atoms with van der Waals surface area (Å²) in [6.45, 7) is 2.95. The van der Waals surface area contributed by atoms with E-state index in [9.17, 15) is 9.18 Å². The number of hydrogen-bond acceptors (Lipinski definition) is 3. The molecule has 1 aromatic heterocycles. The van der Waals surface area contributed by atoms with Crippen molar-refractivity contribution in [1.82, 2.24) is 4.90 Å². The number of halogens is 2. The van der Waals surface area contributed by atoms with Crippen LogP contribution in [0.3, 0.4) is 0 Å². The molecule has 0 aliphatic carbocycles. The first-order chi connectivity index (χ1) is 10.6. The topological polar surface area (TPSA) is 59.5 Å². The van der Waals surface area contributed by atoms with Crippen molar-refractivity contribution < 1.29 is 13.6 Å². The van der Waals surface area contributed by atoms with Crippen LogP contribution in [0.1, 0.15) is 40.9 Å². The van der Waals surface area contributed by atoms with Crippen molar-refractivity contribution in [2.45, 2.75) is 31.8 Å². The summed E-state index contributed by atoms with van der Waals surface area (Å²) in [4.78, 5) is 14.4. The summed E-state index contributed by atoms with van der Waals surface area (Å²) < 4.78 is 18.3. The van der Waals surface area contributed by atoms with Crippen LogP contribution in [0.25, 0.3) is 0 Å². The third-order valence-electron chi connectivity index (χ3n) is 4.28. The number of carbonyl (C=O) groups excluding carboxylic acids is 1. The lowest BCUT2D eigenvalue weighted by Gasteiger charge is -2.20. The van der Waals surface area contributed by atoms with Gasteiger partial charge >= 0.3 is 0 Å². The molecule has 2 atom stereocenters. The van der Waals surface area contributed by atoms with E-state index in [2.05, 4.69) is 0 Å². The van der Waals surface area contributed by atoms with Gasteiger partial charge in [0.1, 0.15) is 17.8 Å². The quantitative estimate of drug-likeness (QED) is 0.934. The Bertz CT molecular complexity index is 671. The van der Waals surface area contributed by atoms with Gasteiger partial charge in [-0.2, -0.15) is 0 Å². The number of amides is 1. The van der Waals surface area contributed by atoms with Gasteiger partial charge in [0.25, 0.3) is 5.91 Å². The maximum absolute atomic E-state index is 13.0. The molecular formula is C17H20ClFN2O2. The molecule has 23 heavy (non-hydrogen) atoms. The second-order valence-electron chi connectivity index (χ2n) is 5.80. The van der Waals surface area contributed by atoms with E-state index in [1.807, 2.05) is 11.8 Å². The smallest absolute Gasteiger partial charge is 0.257 e. The van der Waals surface area contributed by atoms with Gasteiger partial charge in [0, 0.05) is 18.5 Å². The van der Waals surface area contributed by atoms with E-state index in [0.29, 0.717) is 17.9 Å². The number of carbonyl (C=O) groups is 1. The average Bonchev–Trinajstić information content (AvgIpc) is 3.14. The summed E-state index contributed by atoms with van der Waals surface area (Å²) in [5, 5.41) is 0. The molecule has 6 heteroatoms. The van der Waals surface area contributed by atoms with Crippen molar-refractivity contribution >= 4 is 18.3 Å². The van der Waals surface area contributed by atoms with E-state index >= 15 is 0 Å². The van der Waals surface area contributed by atoms with Crippen LogP contribution in [0.5, 0.6) is 0 Å². The summed E-state index contributed by atoms with van der Waals surface area (Å²) in [5.41, 5.74) is 7.11. The second-order valence-corrected chi connectivity index (χ2v) is 5.80. The maximum atomic E-state index is 13.0. The summed E-state index contributed by atoms with van der Waals surface area (Å²) in [6, 6.07) is 8.36. The maximum Gasteiger partial charge on any atom is 0.257 e. The van der Waals surface area contributed by atoms with E-state index in [4.69, 9.17) is 10.2 Å². The summed E-state index contributed by atoms with van der Waals surface area (Å²) in [5.74, 6) is 0.557. The normalized spacial score (nSPS) is 20.4. The Morgan fingerprint density at radius 3 is 2.70 bits per heavy atom. The molecule has 2 unspecified atom stereocenters. The first kappa shape index (κ1) is 17.5. The molecule has 4 nitrogen and oxygen atoms in total. The van der Waals surface area contributed by atoms with Crippen molar-refractivity contribution in [2.75, 3.05) is 6.54 Å². The van der Waals surface area contributed by atoms with Crippen LogP contribution < -0.4 is 5.73 Å². The van der Waals surface area contributed by atoms with Crippen molar-refractivity contribution in [2.24, 2.45) is 5.73 Å². The van der Waals surface area contributed by atoms with Crippen LogP contribution in [0.15, 0.2) is 41.0 Å². The van der Waals surface area contributed by atoms with Crippen LogP contribution in [0.4, 0.5) is 4.39 Å². The van der Waals surface area contributed by atoms with E-state index < -0.39 is 0 Å². The molecule has 1 saturated heterocycles. The third-order valence-corrected chi connectivity index (χ3v) is 4.28. The zero-order valence-electron chi connectivity index (χ0n) is 12.9. The molecule has 1 aliphatic rings. The highest BCUT2D eigenvalue weighted by Crippen LogP contribution is 2.32. The van der Waals surface area contributed by atoms with Crippen LogP contribution in [-0.2, 0) is 6.54 Å². The lowest BCUT2D eigenvalue weighted by atomic mass is 9.97. The first-order valence-electron chi connectivity index (χ1n) is 7.42. The van der Waals surface area contributed by atoms with Gasteiger partial charge < -0.3 is 15.1 Å². The highest BCUT2D eigenvalue weighted by atomic mass is 35.5. The fourth-order valence-corrected chi connectivity index (χ4v) is 3.06. The van der Waals surface area contributed by atoms with Crippen LogP contribution in [0, 0.1) is 5.82 Å². The molecule has 1 aromatic carbocycles. The van der Waals surface area contributed by atoms with Gasteiger partial charge in [-0.15, -0.1) is 12.4 Å². The summed E-state index contributed by atoms with van der Waals surface area (Å²) in [6.07, 6.45) is 2.33. The number of likely N-dealkylation sites (tertiary alicyclic amines) is 1. The molecule has 0 saturated carbocycles. The molecule has 1 amide bonds. The molecule has 2 heterocycles. The minimum Gasteiger partial charge on any atom is -0.467 e. The monoisotopic (exact) mass is 338 g/mol. The zero-order chi connectivity index (χ0) is 15.7. The molecule has 0 bridgehead atoms. The Labute approximate surface area is 140 Å². The Morgan fingerprint density at radius 2 is 2.09 bits per heavy atom. The Hall–Kier alpha value is -1.85. The van der Waals surface area contributed by atoms with Crippen molar-refractivity contribution in [3.8, 4) is 0 Å². The van der Waals surface area contributed by atoms with Gasteiger partial charge in [0.15, 0.2) is 0 Å². The lowest BCUT2D eigenvalue weighted by molar-refractivity contribution is 0.0745. The number of benzene rings is 1. The Morgan fingerprint density at radius 1 is 1.39 bits per heavy atom. The minimum atomic E-state index is -0.240. The molecule has 1 aliphatic heterocycles. The summed E-state index contributed by atoms with van der Waals surface area (Å²) in [7, 11) is 0. The standard InChI is InChI=1S/C17H19FN2O2.ClH/c1-11-6-13(12-2-4-15(18)5-3-12)9-20(11)17(21)14-7-16(8-19)22-10-14;/h2-5,7,10-11,13H,6,8-9,19H2,1H3;1H. The van der Waals surface area contributed by atoms with E-state index in [1.165, 1.54) is 18.4 Å². The number of hydrogen-bond donors (Lipinski definition) is 1. The number of furan rings is 1. The molecule has 2 N–H and O–H groups in total. The number of nitrogens with zero attached hydrogens (tertiary/aromatic N) is 1. The van der Waals surface area contributed by atoms with Crippen LogP contribution in [0.2, 0.25) is 0 Å². The highest BCUT2D eigenvalue weighted by molar-refractivity contribution is 5.94. The van der Waals surface area contributed by atoms with Gasteiger partial charge in [-0.25, -0.2) is 4.39 Å². The van der Waals surface area contributed by atoms with E-state index in [1.54, 1.807) is 18.2 Å². The first-order valence-corrected chi connectivity index (χ1v) is 7.42. The van der Waals surface area contributed by atoms with Crippen molar-refractivity contribution in [3.63, 3.8) is 0 Å². The van der Waals surface area contributed by atoms with E-state index in [-0.39, 0.29) is 42.6 Å². The predicted octanol–water partition coefficient (Wildman–Crippen LogP) is 3.32. The van der Waals surface area contributed by atoms with Crippen LogP contribution >= 0.6 is 12.4 Å². The number of rotatable bonds is 3. The SMILES string of the molecule is CC1CC(c2ccc(F)cc2)CN1C(=O)c1coc(CN)c1.Cl. The Kier molecular flexibility index (Phi) is 5.44. The fraction of sp³-hybridized carbons (Fsp3) is 0.353. The van der Waals surface area contributed by atoms with Gasteiger partial charge in [-0.3, -0.25) is 4.79 Å². The molecular weight excluding hydrogens is 319 g/mol. The van der Waals surface area contributed by atoms with Gasteiger partial charge in [-0.1, -0.05) is 12.1 Å². The van der Waals surface area contributed by atoms with Gasteiger partial charge in [0.2, 0.25) is 0 Å². The molecule has 2 aromatic rings. The molecule has 0 spiro atoms. The highest BCUT2D eigenvalue weighted by Gasteiger charge is 2.34. The summed E-state index contributed by atoms with van der Waals surface area (Å²) >= 11 is 0. The van der Waals surface area contributed by atoms with Gasteiger partial charge in [0.05, 0.1) is 12.1 Å². The average molecular weight is 339 g/mol. The molecule has 3 rings (SSSR count). The van der Waals surface area contributed by atoms with Crippen LogP contribution in [-0.4, -0.2) is 23.4 Å². The third kappa shape index (κ3) is 3.57. The number of nitrogens with two attached hydrogens (primary N) is 1. The second kappa shape index (κ2) is 7.15. The largest absolute Gasteiger partial charge is 0.467 e. The molecule has 124 valence electrons. The minimum absolute atomic E-state index is 0. The fourth-order valence-electron chi connectivity index (χ4n) is 3.06. The van der Waals surface area contributed by atoms with E-state index in [0.717, 1.165) is 12.0 Å². The molecule has 0 radical (unpaired) electrons. The van der Waals surface area contributed by atoms with Crippen molar-refractivity contribution in [1.29, 1.82) is 0 Å². The molecule has 1 fully saturated rings. The lowest BCUT2D eigenvalue weighted by Crippen LogP contribution is -2.33.